The number of rotatable bonds is 6. The van der Waals surface area contributed by atoms with Crippen LogP contribution in [0, 0.1) is 5.92 Å². The van der Waals surface area contributed by atoms with Gasteiger partial charge in [0.1, 0.15) is 6.04 Å². The van der Waals surface area contributed by atoms with Gasteiger partial charge in [-0.25, -0.2) is 0 Å². The molecule has 3 heteroatoms. The van der Waals surface area contributed by atoms with Gasteiger partial charge in [0, 0.05) is 6.04 Å². The van der Waals surface area contributed by atoms with Gasteiger partial charge in [0.05, 0.1) is 0 Å². The van der Waals surface area contributed by atoms with E-state index in [0.29, 0.717) is 5.92 Å². The highest BCUT2D eigenvalue weighted by atomic mass is 16.2. The van der Waals surface area contributed by atoms with E-state index in [4.69, 9.17) is 0 Å². The van der Waals surface area contributed by atoms with Crippen LogP contribution in [0.25, 0.3) is 0 Å². The molecule has 0 aliphatic heterocycles. The summed E-state index contributed by atoms with van der Waals surface area (Å²) >= 11 is 0. The van der Waals surface area contributed by atoms with Crippen molar-refractivity contribution in [2.75, 3.05) is 6.54 Å². The topological polar surface area (TPSA) is 41.1 Å². The molecule has 0 fully saturated rings. The Hall–Kier alpha value is -1.35. The third-order valence-corrected chi connectivity index (χ3v) is 2.56. The van der Waals surface area contributed by atoms with Crippen LogP contribution in [0.2, 0.25) is 0 Å². The lowest BCUT2D eigenvalue weighted by molar-refractivity contribution is -0.123. The molecule has 1 aromatic rings. The number of carbonyl (C=O) groups excluding carboxylic acids is 1. The van der Waals surface area contributed by atoms with Crippen LogP contribution in [-0.4, -0.2) is 18.5 Å². The van der Waals surface area contributed by atoms with E-state index < -0.39 is 0 Å². The summed E-state index contributed by atoms with van der Waals surface area (Å²) in [5.74, 6) is 0.555. The normalized spacial score (nSPS) is 12.8. The van der Waals surface area contributed by atoms with Crippen molar-refractivity contribution in [3.8, 4) is 0 Å². The Morgan fingerprint density at radius 3 is 2.22 bits per heavy atom. The third kappa shape index (κ3) is 4.88. The highest BCUT2D eigenvalue weighted by Gasteiger charge is 2.20. The van der Waals surface area contributed by atoms with Crippen molar-refractivity contribution in [2.45, 2.75) is 39.8 Å². The van der Waals surface area contributed by atoms with Crippen molar-refractivity contribution in [1.82, 2.24) is 10.6 Å². The molecule has 0 saturated carbocycles. The average molecular weight is 248 g/mol. The van der Waals surface area contributed by atoms with Gasteiger partial charge in [0.25, 0.3) is 0 Å². The summed E-state index contributed by atoms with van der Waals surface area (Å²) in [5.41, 5.74) is 1.01. The quantitative estimate of drug-likeness (QED) is 0.812. The predicted octanol–water partition coefficient (Wildman–Crippen LogP) is 2.50. The zero-order valence-corrected chi connectivity index (χ0v) is 11.7. The van der Waals surface area contributed by atoms with E-state index >= 15 is 0 Å². The van der Waals surface area contributed by atoms with Gasteiger partial charge < -0.3 is 10.6 Å². The molecule has 3 nitrogen and oxygen atoms in total. The Morgan fingerprint density at radius 2 is 1.72 bits per heavy atom. The van der Waals surface area contributed by atoms with Crippen LogP contribution in [-0.2, 0) is 4.79 Å². The van der Waals surface area contributed by atoms with Gasteiger partial charge in [0.2, 0.25) is 5.91 Å². The van der Waals surface area contributed by atoms with Crippen LogP contribution < -0.4 is 10.6 Å². The van der Waals surface area contributed by atoms with Crippen LogP contribution in [0.15, 0.2) is 30.3 Å². The smallest absolute Gasteiger partial charge is 0.241 e. The molecule has 0 aliphatic rings. The molecule has 18 heavy (non-hydrogen) atoms. The van der Waals surface area contributed by atoms with E-state index in [9.17, 15) is 4.79 Å². The van der Waals surface area contributed by atoms with Crippen molar-refractivity contribution in [2.24, 2.45) is 5.92 Å². The highest BCUT2D eigenvalue weighted by Crippen LogP contribution is 2.13. The standard InChI is InChI=1S/C15H24N2O/c1-11(2)10-16-14(15(18)17-12(3)4)13-8-6-5-7-9-13/h5-9,11-12,14,16H,10H2,1-4H3,(H,17,18). The van der Waals surface area contributed by atoms with E-state index in [1.807, 2.05) is 44.2 Å². The fourth-order valence-corrected chi connectivity index (χ4v) is 1.73. The predicted molar refractivity (Wildman–Crippen MR) is 75.3 cm³/mol. The molecule has 0 spiro atoms. The molecular formula is C15H24N2O. The van der Waals surface area contributed by atoms with Gasteiger partial charge in [-0.15, -0.1) is 0 Å². The number of amides is 1. The molecule has 0 radical (unpaired) electrons. The number of benzene rings is 1. The van der Waals surface area contributed by atoms with Gasteiger partial charge in [-0.2, -0.15) is 0 Å². The van der Waals surface area contributed by atoms with Gasteiger partial charge in [-0.3, -0.25) is 4.79 Å². The monoisotopic (exact) mass is 248 g/mol. The zero-order chi connectivity index (χ0) is 13.5. The molecule has 1 aromatic carbocycles. The van der Waals surface area contributed by atoms with Crippen LogP contribution >= 0.6 is 0 Å². The first-order valence-corrected chi connectivity index (χ1v) is 6.59. The second-order valence-corrected chi connectivity index (χ2v) is 5.31. The summed E-state index contributed by atoms with van der Waals surface area (Å²) in [6, 6.07) is 9.74. The molecule has 1 unspecified atom stereocenters. The fraction of sp³-hybridized carbons (Fsp3) is 0.533. The summed E-state index contributed by atoms with van der Waals surface area (Å²) in [4.78, 5) is 12.2. The molecule has 100 valence electrons. The Labute approximate surface area is 110 Å². The summed E-state index contributed by atoms with van der Waals surface area (Å²) in [6.45, 7) is 9.04. The van der Waals surface area contributed by atoms with E-state index in [0.717, 1.165) is 12.1 Å². The van der Waals surface area contributed by atoms with Crippen LogP contribution in [0.4, 0.5) is 0 Å². The SMILES string of the molecule is CC(C)CNC(C(=O)NC(C)C)c1ccccc1. The maximum absolute atomic E-state index is 12.2. The molecule has 0 heterocycles. The van der Waals surface area contributed by atoms with Crippen molar-refractivity contribution < 1.29 is 4.79 Å². The van der Waals surface area contributed by atoms with Crippen LogP contribution in [0.5, 0.6) is 0 Å². The summed E-state index contributed by atoms with van der Waals surface area (Å²) in [6.07, 6.45) is 0. The molecule has 0 saturated heterocycles. The minimum Gasteiger partial charge on any atom is -0.352 e. The van der Waals surface area contributed by atoms with Crippen molar-refractivity contribution in [1.29, 1.82) is 0 Å². The van der Waals surface area contributed by atoms with Gasteiger partial charge >= 0.3 is 0 Å². The number of carbonyl (C=O) groups is 1. The second kappa shape index (κ2) is 7.17. The molecule has 1 atom stereocenters. The lowest BCUT2D eigenvalue weighted by Crippen LogP contribution is -2.41. The zero-order valence-electron chi connectivity index (χ0n) is 11.7. The first-order valence-electron chi connectivity index (χ1n) is 6.59. The lowest BCUT2D eigenvalue weighted by atomic mass is 10.0. The maximum atomic E-state index is 12.2. The van der Waals surface area contributed by atoms with Gasteiger partial charge in [0.15, 0.2) is 0 Å². The Balaban J connectivity index is 2.78. The van der Waals surface area contributed by atoms with Gasteiger partial charge in [-0.05, 0) is 31.9 Å². The van der Waals surface area contributed by atoms with Gasteiger partial charge in [-0.1, -0.05) is 44.2 Å². The van der Waals surface area contributed by atoms with Crippen LogP contribution in [0.3, 0.4) is 0 Å². The molecular weight excluding hydrogens is 224 g/mol. The third-order valence-electron chi connectivity index (χ3n) is 2.56. The molecule has 1 amide bonds. The first-order chi connectivity index (χ1) is 8.50. The van der Waals surface area contributed by atoms with Crippen molar-refractivity contribution in [3.05, 3.63) is 35.9 Å². The molecule has 0 bridgehead atoms. The average Bonchev–Trinajstić information content (AvgIpc) is 2.29. The van der Waals surface area contributed by atoms with Crippen LogP contribution in [0.1, 0.15) is 39.3 Å². The second-order valence-electron chi connectivity index (χ2n) is 5.31. The summed E-state index contributed by atoms with van der Waals surface area (Å²) in [7, 11) is 0. The Morgan fingerprint density at radius 1 is 1.11 bits per heavy atom. The minimum atomic E-state index is -0.268. The van der Waals surface area contributed by atoms with E-state index in [1.165, 1.54) is 0 Å². The lowest BCUT2D eigenvalue weighted by Gasteiger charge is -2.21. The fourth-order valence-electron chi connectivity index (χ4n) is 1.73. The Bertz CT molecular complexity index is 360. The number of hydrogen-bond acceptors (Lipinski definition) is 2. The minimum absolute atomic E-state index is 0.0388. The summed E-state index contributed by atoms with van der Waals surface area (Å²) < 4.78 is 0. The number of hydrogen-bond donors (Lipinski definition) is 2. The summed E-state index contributed by atoms with van der Waals surface area (Å²) in [5, 5.41) is 6.29. The highest BCUT2D eigenvalue weighted by molar-refractivity contribution is 5.83. The molecule has 0 aliphatic carbocycles. The molecule has 1 rings (SSSR count). The van der Waals surface area contributed by atoms with Crippen molar-refractivity contribution in [3.63, 3.8) is 0 Å². The first kappa shape index (κ1) is 14.7. The number of nitrogens with one attached hydrogen (secondary N) is 2. The van der Waals surface area contributed by atoms with E-state index in [-0.39, 0.29) is 18.0 Å². The van der Waals surface area contributed by atoms with E-state index in [2.05, 4.69) is 24.5 Å². The Kier molecular flexibility index (Phi) is 5.86. The van der Waals surface area contributed by atoms with Crippen molar-refractivity contribution >= 4 is 5.91 Å². The molecule has 0 aromatic heterocycles. The van der Waals surface area contributed by atoms with E-state index in [1.54, 1.807) is 0 Å². The largest absolute Gasteiger partial charge is 0.352 e. The maximum Gasteiger partial charge on any atom is 0.241 e. The molecule has 2 N–H and O–H groups in total.